The van der Waals surface area contributed by atoms with E-state index in [2.05, 4.69) is 62.3 Å². The fourth-order valence-electron chi connectivity index (χ4n) is 20.0. The molecule has 10 aliphatic rings. The van der Waals surface area contributed by atoms with E-state index in [0.717, 1.165) is 99.4 Å². The predicted octanol–water partition coefficient (Wildman–Crippen LogP) is 12.4. The maximum atomic E-state index is 13.0. The van der Waals surface area contributed by atoms with Crippen molar-refractivity contribution >= 4 is 5.97 Å². The van der Waals surface area contributed by atoms with Gasteiger partial charge in [0.1, 0.15) is 6.10 Å². The van der Waals surface area contributed by atoms with Crippen LogP contribution in [0.1, 0.15) is 188 Å². The molecule has 6 saturated carbocycles. The normalized spacial score (nSPS) is 51.5. The van der Waals surface area contributed by atoms with Crippen LogP contribution in [0.4, 0.5) is 0 Å². The Hall–Kier alpha value is -1.53. The Morgan fingerprint density at radius 2 is 1.37 bits per heavy atom. The lowest BCUT2D eigenvalue weighted by Crippen LogP contribution is -2.60. The van der Waals surface area contributed by atoms with Crippen molar-refractivity contribution in [1.29, 1.82) is 0 Å². The van der Waals surface area contributed by atoms with E-state index in [1.807, 2.05) is 0 Å². The monoisotopic (exact) mass is 851 g/mol. The van der Waals surface area contributed by atoms with Gasteiger partial charge < -0.3 is 14.2 Å². The summed E-state index contributed by atoms with van der Waals surface area (Å²) < 4.78 is 20.4. The summed E-state index contributed by atoms with van der Waals surface area (Å²) >= 11 is 0. The number of aromatic nitrogens is 2. The van der Waals surface area contributed by atoms with Crippen LogP contribution in [0.3, 0.4) is 0 Å². The molecule has 1 aromatic rings. The summed E-state index contributed by atoms with van der Waals surface area (Å²) in [6.07, 6.45) is 24.1. The quantitative estimate of drug-likeness (QED) is 0.266. The van der Waals surface area contributed by atoms with Crippen LogP contribution in [0.15, 0.2) is 0 Å². The number of rotatable bonds is 6. The van der Waals surface area contributed by atoms with Gasteiger partial charge in [-0.3, -0.25) is 14.8 Å². The van der Waals surface area contributed by atoms with Gasteiger partial charge in [-0.15, -0.1) is 0 Å². The SMILES string of the molecule is CC(=O)O[C@@H]1CC2[C@@H](CCC3Cc4nc5c(nc4C[C@@]32C)CC2CC[C@@H]3C(CC[C@@]4(C)C3CC[C@@H]4C(C)CCCC(C)C)[C@@]2(C)C5)C2C[C@@H]3OC4(CCC(C)CO4)[C@H](C)[C@@H]3[C@]21C. The van der Waals surface area contributed by atoms with Gasteiger partial charge in [-0.05, 0) is 184 Å². The molecular weight excluding hydrogens is 765 g/mol. The van der Waals surface area contributed by atoms with Crippen molar-refractivity contribution in [3.8, 4) is 0 Å². The molecule has 1 spiro atoms. The van der Waals surface area contributed by atoms with Crippen LogP contribution in [-0.2, 0) is 44.7 Å². The summed E-state index contributed by atoms with van der Waals surface area (Å²) in [5.41, 5.74) is 6.31. The first kappa shape index (κ1) is 43.1. The van der Waals surface area contributed by atoms with Crippen molar-refractivity contribution in [2.24, 2.45) is 105 Å². The minimum atomic E-state index is -0.471. The van der Waals surface area contributed by atoms with E-state index in [-0.39, 0.29) is 29.0 Å². The van der Waals surface area contributed by atoms with Crippen LogP contribution in [0.2, 0.25) is 0 Å². The number of carbonyl (C=O) groups is 1. The summed E-state index contributed by atoms with van der Waals surface area (Å²) in [4.78, 5) is 24.5. The van der Waals surface area contributed by atoms with E-state index in [0.29, 0.717) is 52.3 Å². The predicted molar refractivity (Wildman–Crippen MR) is 245 cm³/mol. The number of fused-ring (bicyclic) bond motifs is 14. The zero-order valence-electron chi connectivity index (χ0n) is 40.9. The number of ether oxygens (including phenoxy) is 3. The van der Waals surface area contributed by atoms with Gasteiger partial charge in [0, 0.05) is 30.6 Å². The number of hydrogen-bond acceptors (Lipinski definition) is 6. The molecule has 2 saturated heterocycles. The van der Waals surface area contributed by atoms with Gasteiger partial charge in [0.15, 0.2) is 5.79 Å². The molecule has 20 atom stereocenters. The second kappa shape index (κ2) is 15.0. The molecule has 0 N–H and O–H groups in total. The first-order valence-corrected chi connectivity index (χ1v) is 26.8. The summed E-state index contributed by atoms with van der Waals surface area (Å²) in [7, 11) is 0. The van der Waals surface area contributed by atoms with Crippen molar-refractivity contribution in [2.45, 2.75) is 209 Å². The van der Waals surface area contributed by atoms with E-state index in [4.69, 9.17) is 24.2 Å². The summed E-state index contributed by atoms with van der Waals surface area (Å²) in [6.45, 7) is 25.2. The van der Waals surface area contributed by atoms with Gasteiger partial charge in [-0.25, -0.2) is 0 Å². The average Bonchev–Trinajstić information content (AvgIpc) is 3.82. The Kier molecular flexibility index (Phi) is 10.4. The Balaban J connectivity index is 0.828. The fourth-order valence-corrected chi connectivity index (χ4v) is 20.0. The Bertz CT molecular complexity index is 1900. The van der Waals surface area contributed by atoms with E-state index in [1.54, 1.807) is 6.92 Å². The molecular formula is C56H86N2O4. The van der Waals surface area contributed by atoms with Crippen LogP contribution in [0.25, 0.3) is 0 Å². The summed E-state index contributed by atoms with van der Waals surface area (Å²) in [6, 6.07) is 0. The van der Waals surface area contributed by atoms with Gasteiger partial charge in [0.25, 0.3) is 0 Å². The molecule has 0 amide bonds. The van der Waals surface area contributed by atoms with Gasteiger partial charge in [0.2, 0.25) is 0 Å². The van der Waals surface area contributed by atoms with Crippen molar-refractivity contribution in [3.63, 3.8) is 0 Å². The third kappa shape index (κ3) is 6.20. The van der Waals surface area contributed by atoms with Crippen LogP contribution in [0, 0.1) is 105 Å². The number of nitrogens with zero attached hydrogens (tertiary/aromatic N) is 2. The third-order valence-corrected chi connectivity index (χ3v) is 23.2. The lowest BCUT2D eigenvalue weighted by atomic mass is 9.43. The van der Waals surface area contributed by atoms with Crippen LogP contribution in [0.5, 0.6) is 0 Å². The molecule has 8 aliphatic carbocycles. The molecule has 344 valence electrons. The molecule has 3 heterocycles. The minimum absolute atomic E-state index is 0.0877. The highest BCUT2D eigenvalue weighted by Gasteiger charge is 2.73. The highest BCUT2D eigenvalue weighted by Crippen LogP contribution is 2.72. The van der Waals surface area contributed by atoms with E-state index in [1.165, 1.54) is 93.4 Å². The number of esters is 1. The Labute approximate surface area is 376 Å². The van der Waals surface area contributed by atoms with Gasteiger partial charge in [0.05, 0.1) is 35.5 Å². The fraction of sp³-hybridized carbons (Fsp3) is 0.911. The first-order valence-electron chi connectivity index (χ1n) is 26.8. The molecule has 9 unspecified atom stereocenters. The second-order valence-corrected chi connectivity index (χ2v) is 26.3. The van der Waals surface area contributed by atoms with Crippen molar-refractivity contribution in [1.82, 2.24) is 9.97 Å². The largest absolute Gasteiger partial charge is 0.462 e. The highest BCUT2D eigenvalue weighted by molar-refractivity contribution is 5.66. The van der Waals surface area contributed by atoms with Crippen molar-refractivity contribution in [3.05, 3.63) is 22.8 Å². The molecule has 6 nitrogen and oxygen atoms in total. The number of hydrogen-bond donors (Lipinski definition) is 0. The summed E-state index contributed by atoms with van der Waals surface area (Å²) in [5.74, 6) is 8.90. The van der Waals surface area contributed by atoms with Gasteiger partial charge in [-0.2, -0.15) is 0 Å². The van der Waals surface area contributed by atoms with Gasteiger partial charge >= 0.3 is 5.97 Å². The molecule has 2 aliphatic heterocycles. The molecule has 62 heavy (non-hydrogen) atoms. The Morgan fingerprint density at radius 1 is 0.726 bits per heavy atom. The number of carbonyl (C=O) groups excluding carboxylic acids is 1. The van der Waals surface area contributed by atoms with Crippen molar-refractivity contribution in [2.75, 3.05) is 6.61 Å². The van der Waals surface area contributed by atoms with Crippen LogP contribution >= 0.6 is 0 Å². The van der Waals surface area contributed by atoms with E-state index in [9.17, 15) is 4.79 Å². The molecule has 0 aromatic carbocycles. The van der Waals surface area contributed by atoms with E-state index < -0.39 is 5.79 Å². The zero-order valence-corrected chi connectivity index (χ0v) is 40.9. The molecule has 1 aromatic heterocycles. The molecule has 11 rings (SSSR count). The van der Waals surface area contributed by atoms with Crippen LogP contribution in [-0.4, -0.2) is 40.5 Å². The molecule has 0 radical (unpaired) electrons. The zero-order chi connectivity index (χ0) is 43.3. The highest BCUT2D eigenvalue weighted by atomic mass is 16.7. The van der Waals surface area contributed by atoms with Crippen LogP contribution < -0.4 is 0 Å². The average molecular weight is 851 g/mol. The smallest absolute Gasteiger partial charge is 0.302 e. The maximum absolute atomic E-state index is 13.0. The molecule has 6 heteroatoms. The maximum Gasteiger partial charge on any atom is 0.302 e. The minimum Gasteiger partial charge on any atom is -0.462 e. The lowest BCUT2D eigenvalue weighted by molar-refractivity contribution is -0.274. The third-order valence-electron chi connectivity index (χ3n) is 23.2. The standard InChI is InChI=1S/C56H86N2O4/c1-31(2)12-11-13-33(4)40-18-19-41-38-16-14-36-24-45-47(28-53(36,8)42(38)21-22-52(40,41)7)57-46-25-37-15-17-39-43(54(37,9)29-48(46)58-45)27-50(61-35(6)59)55(10)44(39)26-49-51(55)34(5)56(62-49)23-20-32(3)30-60-56/h31-34,36-44,49-51H,11-30H2,1-10H3/t32?,33?,34-,36?,37?,38+,39-,40-,41?,42?,43?,44?,49+,50-,51+,52-,53+,54+,55-,56?/m1/s1. The first-order chi connectivity index (χ1) is 29.5. The lowest BCUT2D eigenvalue weighted by Gasteiger charge is -2.62. The van der Waals surface area contributed by atoms with Crippen molar-refractivity contribution < 1.29 is 19.0 Å². The van der Waals surface area contributed by atoms with Gasteiger partial charge in [-0.1, -0.05) is 81.6 Å². The molecule has 0 bridgehead atoms. The Morgan fingerprint density at radius 3 is 2.00 bits per heavy atom. The second-order valence-electron chi connectivity index (χ2n) is 26.3. The van der Waals surface area contributed by atoms with E-state index >= 15 is 0 Å². The summed E-state index contributed by atoms with van der Waals surface area (Å²) in [5, 5.41) is 0. The molecule has 8 fully saturated rings. The topological polar surface area (TPSA) is 70.5 Å².